The zero-order chi connectivity index (χ0) is 18.9. The molecule has 140 valence electrons. The number of hydrogen-bond donors (Lipinski definition) is 0. The summed E-state index contributed by atoms with van der Waals surface area (Å²) in [5, 5.41) is 0. The molecule has 0 N–H and O–H groups in total. The molecule has 0 spiro atoms. The zero-order valence-electron chi connectivity index (χ0n) is 13.8. The van der Waals surface area contributed by atoms with Gasteiger partial charge in [-0.3, -0.25) is 19.3 Å². The van der Waals surface area contributed by atoms with E-state index in [0.717, 1.165) is 12.1 Å². The van der Waals surface area contributed by atoms with Crippen molar-refractivity contribution in [3.05, 3.63) is 35.4 Å². The van der Waals surface area contributed by atoms with E-state index in [1.807, 2.05) is 0 Å². The lowest BCUT2D eigenvalue weighted by molar-refractivity contribution is -0.162. The molecule has 0 atom stereocenters. The number of likely N-dealkylation sites (tertiary alicyclic amines) is 1. The van der Waals surface area contributed by atoms with Gasteiger partial charge in [0.15, 0.2) is 0 Å². The minimum absolute atomic E-state index is 0.0307. The van der Waals surface area contributed by atoms with Crippen LogP contribution in [0.2, 0.25) is 0 Å². The Kier molecular flexibility index (Phi) is 4.99. The highest BCUT2D eigenvalue weighted by molar-refractivity contribution is 5.98. The monoisotopic (exact) mass is 370 g/mol. The molecule has 9 heteroatoms. The Balaban J connectivity index is 1.65. The maximum absolute atomic E-state index is 12.8. The van der Waals surface area contributed by atoms with Gasteiger partial charge in [-0.2, -0.15) is 13.2 Å². The van der Waals surface area contributed by atoms with Crippen molar-refractivity contribution < 1.29 is 32.3 Å². The van der Waals surface area contributed by atoms with Crippen molar-refractivity contribution >= 4 is 17.7 Å². The SMILES string of the molecule is O=C(c1cccc(C(F)(F)F)c1)N1CCC(N2C(=O)COCC2=O)CC1. The lowest BCUT2D eigenvalue weighted by Gasteiger charge is -2.38. The summed E-state index contributed by atoms with van der Waals surface area (Å²) in [4.78, 5) is 38.8. The molecule has 1 aromatic rings. The standard InChI is InChI=1S/C17H17F3N2O4/c18-17(19,20)12-3-1-2-11(8-12)16(25)21-6-4-13(5-7-21)22-14(23)9-26-10-15(22)24/h1-3,8,13H,4-7,9-10H2. The van der Waals surface area contributed by atoms with E-state index in [-0.39, 0.29) is 37.9 Å². The van der Waals surface area contributed by atoms with Gasteiger partial charge in [0.1, 0.15) is 13.2 Å². The number of nitrogens with zero attached hydrogens (tertiary/aromatic N) is 2. The fourth-order valence-corrected chi connectivity index (χ4v) is 3.25. The second kappa shape index (κ2) is 7.06. The number of halogens is 3. The lowest BCUT2D eigenvalue weighted by Crippen LogP contribution is -2.55. The Hall–Kier alpha value is -2.42. The summed E-state index contributed by atoms with van der Waals surface area (Å²) in [6.45, 7) is 0.236. The van der Waals surface area contributed by atoms with E-state index in [4.69, 9.17) is 4.74 Å². The molecule has 2 aliphatic rings. The maximum atomic E-state index is 12.8. The van der Waals surface area contributed by atoms with Gasteiger partial charge >= 0.3 is 6.18 Å². The number of ether oxygens (including phenoxy) is 1. The molecule has 0 saturated carbocycles. The highest BCUT2D eigenvalue weighted by Crippen LogP contribution is 2.30. The average molecular weight is 370 g/mol. The first-order chi connectivity index (χ1) is 12.3. The second-order valence-electron chi connectivity index (χ2n) is 6.25. The topological polar surface area (TPSA) is 66.9 Å². The van der Waals surface area contributed by atoms with Crippen LogP contribution in [0.1, 0.15) is 28.8 Å². The number of carbonyl (C=O) groups excluding carboxylic acids is 3. The largest absolute Gasteiger partial charge is 0.416 e. The Labute approximate surface area is 147 Å². The van der Waals surface area contributed by atoms with Crippen molar-refractivity contribution in [2.24, 2.45) is 0 Å². The first kappa shape index (κ1) is 18.4. The highest BCUT2D eigenvalue weighted by atomic mass is 19.4. The van der Waals surface area contributed by atoms with Crippen LogP contribution in [0.5, 0.6) is 0 Å². The maximum Gasteiger partial charge on any atom is 0.416 e. The van der Waals surface area contributed by atoms with Crippen molar-refractivity contribution in [3.8, 4) is 0 Å². The quantitative estimate of drug-likeness (QED) is 0.744. The van der Waals surface area contributed by atoms with Gasteiger partial charge in [0.05, 0.1) is 5.56 Å². The third-order valence-corrected chi connectivity index (χ3v) is 4.54. The van der Waals surface area contributed by atoms with Gasteiger partial charge in [0.2, 0.25) is 0 Å². The minimum atomic E-state index is -4.51. The van der Waals surface area contributed by atoms with Crippen molar-refractivity contribution in [1.82, 2.24) is 9.80 Å². The number of imide groups is 1. The molecule has 6 nitrogen and oxygen atoms in total. The molecule has 1 aromatic carbocycles. The molecule has 26 heavy (non-hydrogen) atoms. The number of piperidine rings is 1. The number of carbonyl (C=O) groups is 3. The summed E-state index contributed by atoms with van der Waals surface area (Å²) < 4.78 is 43.3. The number of morpholine rings is 1. The summed E-state index contributed by atoms with van der Waals surface area (Å²) >= 11 is 0. The van der Waals surface area contributed by atoms with Gasteiger partial charge in [-0.05, 0) is 31.0 Å². The molecule has 2 fully saturated rings. The normalized spacial score (nSPS) is 19.8. The van der Waals surface area contributed by atoms with Crippen LogP contribution in [-0.4, -0.2) is 59.9 Å². The Morgan fingerprint density at radius 2 is 1.69 bits per heavy atom. The number of hydrogen-bond acceptors (Lipinski definition) is 4. The zero-order valence-corrected chi connectivity index (χ0v) is 13.8. The summed E-state index contributed by atoms with van der Waals surface area (Å²) in [7, 11) is 0. The van der Waals surface area contributed by atoms with Crippen LogP contribution in [0, 0.1) is 0 Å². The average Bonchev–Trinajstić information content (AvgIpc) is 2.61. The third kappa shape index (κ3) is 3.72. The Morgan fingerprint density at radius 3 is 2.27 bits per heavy atom. The van der Waals surface area contributed by atoms with Crippen LogP contribution in [0.25, 0.3) is 0 Å². The van der Waals surface area contributed by atoms with Crippen molar-refractivity contribution in [3.63, 3.8) is 0 Å². The van der Waals surface area contributed by atoms with Gasteiger partial charge in [-0.25, -0.2) is 0 Å². The summed E-state index contributed by atoms with van der Waals surface area (Å²) in [5.41, 5.74) is -0.903. The first-order valence-corrected chi connectivity index (χ1v) is 8.16. The minimum Gasteiger partial charge on any atom is -0.362 e. The van der Waals surface area contributed by atoms with Crippen LogP contribution in [0.15, 0.2) is 24.3 Å². The van der Waals surface area contributed by atoms with Crippen molar-refractivity contribution in [2.45, 2.75) is 25.1 Å². The summed E-state index contributed by atoms with van der Waals surface area (Å²) in [6.07, 6.45) is -3.73. The van der Waals surface area contributed by atoms with Gasteiger partial charge < -0.3 is 9.64 Å². The second-order valence-corrected chi connectivity index (χ2v) is 6.25. The van der Waals surface area contributed by atoms with E-state index in [9.17, 15) is 27.6 Å². The van der Waals surface area contributed by atoms with Gasteiger partial charge in [0, 0.05) is 24.7 Å². The number of rotatable bonds is 2. The van der Waals surface area contributed by atoms with Gasteiger partial charge in [-0.1, -0.05) is 6.07 Å². The molecule has 2 saturated heterocycles. The summed E-state index contributed by atoms with van der Waals surface area (Å²) in [6, 6.07) is 3.98. The van der Waals surface area contributed by atoms with Crippen molar-refractivity contribution in [1.29, 1.82) is 0 Å². The fourth-order valence-electron chi connectivity index (χ4n) is 3.25. The van der Waals surface area contributed by atoms with Gasteiger partial charge in [0.25, 0.3) is 17.7 Å². The highest BCUT2D eigenvalue weighted by Gasteiger charge is 2.36. The summed E-state index contributed by atoms with van der Waals surface area (Å²) in [5.74, 6) is -1.29. The number of amides is 3. The Bertz CT molecular complexity index is 711. The van der Waals surface area contributed by atoms with Crippen LogP contribution in [0.3, 0.4) is 0 Å². The molecule has 0 aromatic heterocycles. The van der Waals surface area contributed by atoms with Crippen molar-refractivity contribution in [2.75, 3.05) is 26.3 Å². The fraction of sp³-hybridized carbons (Fsp3) is 0.471. The molecular formula is C17H17F3N2O4. The molecule has 3 amide bonds. The molecule has 0 unspecified atom stereocenters. The first-order valence-electron chi connectivity index (χ1n) is 8.16. The number of alkyl halides is 3. The van der Waals surface area contributed by atoms with E-state index in [0.29, 0.717) is 12.8 Å². The molecule has 0 bridgehead atoms. The van der Waals surface area contributed by atoms with Crippen LogP contribution in [0.4, 0.5) is 13.2 Å². The molecular weight excluding hydrogens is 353 g/mol. The van der Waals surface area contributed by atoms with E-state index in [2.05, 4.69) is 0 Å². The molecule has 0 radical (unpaired) electrons. The Morgan fingerprint density at radius 1 is 1.08 bits per heavy atom. The van der Waals surface area contributed by atoms with Crippen LogP contribution >= 0.6 is 0 Å². The predicted octanol–water partition coefficient (Wildman–Crippen LogP) is 1.70. The molecule has 0 aliphatic carbocycles. The smallest absolute Gasteiger partial charge is 0.362 e. The number of benzene rings is 1. The molecule has 2 heterocycles. The van der Waals surface area contributed by atoms with E-state index in [1.165, 1.54) is 21.9 Å². The molecule has 3 rings (SSSR count). The van der Waals surface area contributed by atoms with E-state index >= 15 is 0 Å². The van der Waals surface area contributed by atoms with E-state index < -0.39 is 29.5 Å². The van der Waals surface area contributed by atoms with Crippen LogP contribution < -0.4 is 0 Å². The van der Waals surface area contributed by atoms with Crippen LogP contribution in [-0.2, 0) is 20.5 Å². The third-order valence-electron chi connectivity index (χ3n) is 4.54. The lowest BCUT2D eigenvalue weighted by atomic mass is 10.0. The van der Waals surface area contributed by atoms with Gasteiger partial charge in [-0.15, -0.1) is 0 Å². The van der Waals surface area contributed by atoms with E-state index in [1.54, 1.807) is 0 Å². The predicted molar refractivity (Wildman–Crippen MR) is 83.0 cm³/mol. The molecule has 2 aliphatic heterocycles.